The molecule has 0 saturated heterocycles. The first kappa shape index (κ1) is 76.9. The Kier molecular flexibility index (Phi) is 25.6. The molecule has 21 heteroatoms. The smallest absolute Gasteiger partial charge is 0.0793 e. The van der Waals surface area contributed by atoms with E-state index in [1.807, 2.05) is 86.8 Å². The SMILES string of the molecule is CC1C(C)N(C)c2cnccc2N1C.CCN1CCN(CC)c2cnccc21.CCN1c2ccncc2N(CC)C2CCCCC21.CN1CCN(C)c2cnccc21.CN1c2ccncc2N(C)C2CCCC21.CN1c2ccncc2N(C)C2CCCCC21.CN1c2ccncc2N(C)C2CCCCCC21. The van der Waals surface area contributed by atoms with Gasteiger partial charge in [-0.1, -0.05) is 44.9 Å². The average molecular weight is 1440 g/mol. The van der Waals surface area contributed by atoms with Crippen LogP contribution in [0.5, 0.6) is 0 Å². The number of nitrogens with zero attached hydrogens (tertiary/aromatic N) is 21. The lowest BCUT2D eigenvalue weighted by atomic mass is 9.85. The van der Waals surface area contributed by atoms with Crippen LogP contribution in [0, 0.1) is 0 Å². The molecule has 7 aromatic heterocycles. The van der Waals surface area contributed by atoms with Crippen LogP contribution in [-0.2, 0) is 0 Å². The van der Waals surface area contributed by atoms with Crippen molar-refractivity contribution in [3.63, 3.8) is 0 Å². The van der Waals surface area contributed by atoms with E-state index in [1.54, 1.807) is 0 Å². The average Bonchev–Trinajstić information content (AvgIpc) is 1.37. The van der Waals surface area contributed by atoms with Gasteiger partial charge >= 0.3 is 0 Å². The van der Waals surface area contributed by atoms with Crippen LogP contribution < -0.4 is 68.6 Å². The summed E-state index contributed by atoms with van der Waals surface area (Å²) in [7, 11) is 21.9. The van der Waals surface area contributed by atoms with Gasteiger partial charge in [0.15, 0.2) is 0 Å². The summed E-state index contributed by atoms with van der Waals surface area (Å²) in [5.74, 6) is 0. The minimum absolute atomic E-state index is 0.525. The van der Waals surface area contributed by atoms with E-state index < -0.39 is 0 Å². The molecule has 10 unspecified atom stereocenters. The minimum atomic E-state index is 0.525. The Morgan fingerprint density at radius 2 is 0.509 bits per heavy atom. The summed E-state index contributed by atoms with van der Waals surface area (Å²) in [4.78, 5) is 63.4. The second-order valence-electron chi connectivity index (χ2n) is 31.2. The van der Waals surface area contributed by atoms with Gasteiger partial charge in [0, 0.05) is 227 Å². The molecule has 11 aliphatic rings. The standard InChI is InChI=1S/C15H23N3.C14H21N3.C13H19N3.C12H17N3.2C11H17N3.C9H13N3/c1-3-17-12-7-5-6-8-13(12)18(4-2)15-11-16-10-9-14(15)17;1-16-11-6-4-3-5-7-12(11)17(2)14-10-15-9-8-13(14)16;1-15-10-5-3-4-6-11(10)16(2)13-9-14-8-7-12(13)15;1-14-9-4-3-5-10(9)15(2)12-8-13-7-6-11(12)14;1-8-9(2)14(4)11-7-12-6-5-10(11)13(8)3;1-3-13-7-8-14(4-2)11-9-12-6-5-10(11)13;1-11-5-6-12(2)9-7-10-4-3-8(9)11/h9-13H,3-8H2,1-2H3;8-12H,3-7H2,1-2H3;7-11H,3-6H2,1-2H3;6-10H,3-5H2,1-2H3;5-9H,1-4H3;5-6,9H,3-4,7-8H2,1-2H3;3-4,7H,5-6H2,1-2H3. The third kappa shape index (κ3) is 16.0. The van der Waals surface area contributed by atoms with Gasteiger partial charge in [-0.3, -0.25) is 34.9 Å². The van der Waals surface area contributed by atoms with E-state index in [4.69, 9.17) is 0 Å². The van der Waals surface area contributed by atoms with Gasteiger partial charge in [0.05, 0.1) is 123 Å². The van der Waals surface area contributed by atoms with Crippen molar-refractivity contribution in [3.8, 4) is 0 Å². The number of fused-ring (bicyclic) bond motifs is 11. The predicted octanol–water partition coefficient (Wildman–Crippen LogP) is 14.4. The summed E-state index contributed by atoms with van der Waals surface area (Å²) in [5, 5.41) is 0. The molecule has 7 aromatic rings. The summed E-state index contributed by atoms with van der Waals surface area (Å²) < 4.78 is 0. The van der Waals surface area contributed by atoms with Crippen molar-refractivity contribution in [2.45, 2.75) is 205 Å². The number of aromatic nitrogens is 7. The summed E-state index contributed by atoms with van der Waals surface area (Å²) in [6, 6.07) is 21.4. The van der Waals surface area contributed by atoms with Gasteiger partial charge in [0.1, 0.15) is 0 Å². The topological polar surface area (TPSA) is 136 Å². The van der Waals surface area contributed by atoms with E-state index in [1.165, 1.54) is 182 Å². The largest absolute Gasteiger partial charge is 0.371 e. The number of rotatable bonds is 4. The zero-order chi connectivity index (χ0) is 74.7. The predicted molar refractivity (Wildman–Crippen MR) is 448 cm³/mol. The normalized spacial score (nSPS) is 24.9. The molecule has 21 nitrogen and oxygen atoms in total. The number of anilines is 14. The quantitative estimate of drug-likeness (QED) is 0.165. The highest BCUT2D eigenvalue weighted by molar-refractivity contribution is 5.78. The van der Waals surface area contributed by atoms with Crippen LogP contribution in [0.2, 0.25) is 0 Å². The monoisotopic (exact) mass is 1440 g/mol. The van der Waals surface area contributed by atoms with Crippen LogP contribution in [0.1, 0.15) is 144 Å². The van der Waals surface area contributed by atoms with Gasteiger partial charge in [0.2, 0.25) is 0 Å². The van der Waals surface area contributed by atoms with Crippen molar-refractivity contribution in [3.05, 3.63) is 129 Å². The molecule has 106 heavy (non-hydrogen) atoms. The molecule has 4 aliphatic carbocycles. The van der Waals surface area contributed by atoms with Gasteiger partial charge in [-0.05, 0) is 142 Å². The van der Waals surface area contributed by atoms with Gasteiger partial charge in [-0.15, -0.1) is 0 Å². The molecule has 0 radical (unpaired) electrons. The summed E-state index contributed by atoms with van der Waals surface area (Å²) in [6.45, 7) is 22.2. The highest BCUT2D eigenvalue weighted by Gasteiger charge is 2.42. The molecule has 14 heterocycles. The van der Waals surface area contributed by atoms with Gasteiger partial charge in [-0.2, -0.15) is 0 Å². The molecule has 0 bridgehead atoms. The van der Waals surface area contributed by atoms with Crippen LogP contribution in [0.25, 0.3) is 0 Å². The Labute approximate surface area is 636 Å². The lowest BCUT2D eigenvalue weighted by molar-refractivity contribution is 0.339. The van der Waals surface area contributed by atoms with Gasteiger partial charge in [0.25, 0.3) is 0 Å². The second-order valence-corrected chi connectivity index (χ2v) is 31.2. The van der Waals surface area contributed by atoms with Crippen LogP contribution in [0.15, 0.2) is 129 Å². The van der Waals surface area contributed by atoms with E-state index in [0.29, 0.717) is 60.4 Å². The summed E-state index contributed by atoms with van der Waals surface area (Å²) >= 11 is 0. The van der Waals surface area contributed by atoms with Crippen molar-refractivity contribution >= 4 is 79.6 Å². The van der Waals surface area contributed by atoms with Crippen LogP contribution in [0.4, 0.5) is 79.6 Å². The van der Waals surface area contributed by atoms with E-state index >= 15 is 0 Å². The van der Waals surface area contributed by atoms with Crippen molar-refractivity contribution in [2.75, 3.05) is 191 Å². The maximum absolute atomic E-state index is 4.33. The lowest BCUT2D eigenvalue weighted by Gasteiger charge is -2.51. The van der Waals surface area contributed by atoms with Gasteiger partial charge < -0.3 is 68.6 Å². The number of hydrogen-bond donors (Lipinski definition) is 0. The molecule has 7 aliphatic heterocycles. The van der Waals surface area contributed by atoms with Crippen molar-refractivity contribution in [1.29, 1.82) is 0 Å². The van der Waals surface area contributed by atoms with Crippen molar-refractivity contribution in [2.24, 2.45) is 0 Å². The molecule has 4 fully saturated rings. The molecular formula is C85H127N21. The van der Waals surface area contributed by atoms with Crippen molar-refractivity contribution < 1.29 is 0 Å². The Morgan fingerprint density at radius 1 is 0.245 bits per heavy atom. The second kappa shape index (κ2) is 35.3. The van der Waals surface area contributed by atoms with E-state index in [9.17, 15) is 0 Å². The molecule has 0 aromatic carbocycles. The summed E-state index contributed by atoms with van der Waals surface area (Å²) in [5.41, 5.74) is 18.2. The number of pyridine rings is 7. The Morgan fingerprint density at radius 3 is 0.896 bits per heavy atom. The zero-order valence-corrected chi connectivity index (χ0v) is 67.3. The third-order valence-electron chi connectivity index (χ3n) is 25.9. The highest BCUT2D eigenvalue weighted by atomic mass is 15.3. The molecular weight excluding hydrogens is 1320 g/mol. The van der Waals surface area contributed by atoms with E-state index in [2.05, 4.69) is 258 Å². The maximum Gasteiger partial charge on any atom is 0.0793 e. The third-order valence-corrected chi connectivity index (χ3v) is 25.9. The first-order valence-electron chi connectivity index (χ1n) is 40.4. The van der Waals surface area contributed by atoms with E-state index in [-0.39, 0.29) is 0 Å². The molecule has 572 valence electrons. The fourth-order valence-corrected chi connectivity index (χ4v) is 19.3. The Balaban J connectivity index is 0.000000116. The highest BCUT2D eigenvalue weighted by Crippen LogP contribution is 2.46. The van der Waals surface area contributed by atoms with Crippen LogP contribution >= 0.6 is 0 Å². The molecule has 4 saturated carbocycles. The first-order valence-corrected chi connectivity index (χ1v) is 40.4. The maximum atomic E-state index is 4.33. The molecule has 10 atom stereocenters. The Bertz CT molecular complexity index is 3640. The fourth-order valence-electron chi connectivity index (χ4n) is 19.3. The fraction of sp³-hybridized carbons (Fsp3) is 0.588. The van der Waals surface area contributed by atoms with Gasteiger partial charge in [-0.25, -0.2) is 0 Å². The van der Waals surface area contributed by atoms with Crippen LogP contribution in [0.3, 0.4) is 0 Å². The minimum Gasteiger partial charge on any atom is -0.371 e. The van der Waals surface area contributed by atoms with Crippen LogP contribution in [-0.4, -0.2) is 218 Å². The molecule has 0 N–H and O–H groups in total. The molecule has 0 spiro atoms. The first-order chi connectivity index (χ1) is 51.5. The van der Waals surface area contributed by atoms with E-state index in [0.717, 1.165) is 52.4 Å². The Hall–Kier alpha value is -8.75. The summed E-state index contributed by atoms with van der Waals surface area (Å²) in [6.07, 6.45) is 48.7. The molecule has 0 amide bonds. The number of likely N-dealkylation sites (N-methyl/N-ethyl adjacent to an activating group) is 14. The lowest BCUT2D eigenvalue weighted by Crippen LogP contribution is -2.57. The zero-order valence-electron chi connectivity index (χ0n) is 67.3. The van der Waals surface area contributed by atoms with Crippen molar-refractivity contribution in [1.82, 2.24) is 34.9 Å². The number of hydrogen-bond acceptors (Lipinski definition) is 21. The molecule has 18 rings (SSSR count).